The highest BCUT2D eigenvalue weighted by Crippen LogP contribution is 2.23. The van der Waals surface area contributed by atoms with Crippen LogP contribution in [-0.2, 0) is 19.0 Å². The van der Waals surface area contributed by atoms with Crippen LogP contribution in [0, 0.1) is 0 Å². The lowest BCUT2D eigenvalue weighted by Crippen LogP contribution is -2.60. The van der Waals surface area contributed by atoms with Crippen molar-refractivity contribution in [2.24, 2.45) is 0 Å². The molecule has 9 nitrogen and oxygen atoms in total. The molecular formula is C14H26O9. The van der Waals surface area contributed by atoms with Crippen LogP contribution in [-0.4, -0.2) is 88.1 Å². The Morgan fingerprint density at radius 3 is 2.43 bits per heavy atom. The minimum Gasteiger partial charge on any atom is -0.463 e. The molecule has 1 heterocycles. The second-order valence-electron chi connectivity index (χ2n) is 5.42. The topological polar surface area (TPSA) is 146 Å². The number of carbonyl (C=O) groups is 1. The Hall–Kier alpha value is -0.810. The lowest BCUT2D eigenvalue weighted by atomic mass is 9.99. The number of ether oxygens (including phenoxy) is 3. The van der Waals surface area contributed by atoms with E-state index in [9.17, 15) is 25.2 Å². The van der Waals surface area contributed by atoms with Crippen molar-refractivity contribution in [1.82, 2.24) is 0 Å². The molecule has 1 aliphatic heterocycles. The molecule has 0 aliphatic carbocycles. The summed E-state index contributed by atoms with van der Waals surface area (Å²) in [5.74, 6) is -0.428. The average molecular weight is 338 g/mol. The summed E-state index contributed by atoms with van der Waals surface area (Å²) in [7, 11) is 0. The number of hydrogen-bond donors (Lipinski definition) is 5. The zero-order valence-electron chi connectivity index (χ0n) is 13.1. The number of unbranched alkanes of at least 4 members (excludes halogenated alkanes) is 1. The van der Waals surface area contributed by atoms with Gasteiger partial charge in [-0.3, -0.25) is 4.79 Å². The first kappa shape index (κ1) is 20.2. The van der Waals surface area contributed by atoms with Crippen LogP contribution in [0.1, 0.15) is 26.2 Å². The van der Waals surface area contributed by atoms with Crippen LogP contribution in [0.5, 0.6) is 0 Å². The van der Waals surface area contributed by atoms with Gasteiger partial charge in [0.1, 0.15) is 37.1 Å². The molecule has 0 saturated carbocycles. The van der Waals surface area contributed by atoms with Crippen LogP contribution in [0.4, 0.5) is 0 Å². The van der Waals surface area contributed by atoms with Crippen molar-refractivity contribution in [3.05, 3.63) is 0 Å². The number of rotatable bonds is 9. The molecule has 1 aliphatic rings. The van der Waals surface area contributed by atoms with E-state index in [1.165, 1.54) is 0 Å². The molecule has 0 unspecified atom stereocenters. The highest BCUT2D eigenvalue weighted by molar-refractivity contribution is 5.69. The standard InChI is InChI=1S/C14H26O9/c1-2-3-4-10(17)21-7-8(5-15)22-14-13(20)12(19)11(18)9(6-16)23-14/h8-9,11-16,18-20H,2-7H2,1H3/t8-,9+,11-,12-,13+,14+/m0/s1. The zero-order chi connectivity index (χ0) is 17.4. The predicted octanol–water partition coefficient (Wildman–Crippen LogP) is -2.10. The van der Waals surface area contributed by atoms with Gasteiger partial charge in [-0.15, -0.1) is 0 Å². The summed E-state index contributed by atoms with van der Waals surface area (Å²) in [6.07, 6.45) is -6.29. The zero-order valence-corrected chi connectivity index (χ0v) is 13.1. The van der Waals surface area contributed by atoms with Crippen molar-refractivity contribution in [3.8, 4) is 0 Å². The van der Waals surface area contributed by atoms with Gasteiger partial charge in [-0.25, -0.2) is 0 Å². The van der Waals surface area contributed by atoms with Crippen LogP contribution in [0.2, 0.25) is 0 Å². The van der Waals surface area contributed by atoms with E-state index in [-0.39, 0.29) is 13.0 Å². The fourth-order valence-electron chi connectivity index (χ4n) is 2.08. The molecule has 0 bridgehead atoms. The minimum absolute atomic E-state index is 0.242. The molecule has 136 valence electrons. The number of hydrogen-bond acceptors (Lipinski definition) is 9. The van der Waals surface area contributed by atoms with Crippen molar-refractivity contribution in [1.29, 1.82) is 0 Å². The van der Waals surface area contributed by atoms with Gasteiger partial charge >= 0.3 is 5.97 Å². The van der Waals surface area contributed by atoms with E-state index in [4.69, 9.17) is 19.3 Å². The Kier molecular flexibility index (Phi) is 8.92. The molecule has 0 radical (unpaired) electrons. The van der Waals surface area contributed by atoms with Gasteiger partial charge in [0, 0.05) is 6.42 Å². The van der Waals surface area contributed by atoms with E-state index >= 15 is 0 Å². The van der Waals surface area contributed by atoms with E-state index in [0.717, 1.165) is 6.42 Å². The molecule has 0 aromatic heterocycles. The average Bonchev–Trinajstić information content (AvgIpc) is 2.56. The molecule has 1 saturated heterocycles. The van der Waals surface area contributed by atoms with Crippen molar-refractivity contribution in [2.45, 2.75) is 63.0 Å². The number of carbonyl (C=O) groups excluding carboxylic acids is 1. The highest BCUT2D eigenvalue weighted by Gasteiger charge is 2.44. The van der Waals surface area contributed by atoms with Gasteiger partial charge in [0.2, 0.25) is 0 Å². The van der Waals surface area contributed by atoms with Gasteiger partial charge < -0.3 is 39.7 Å². The van der Waals surface area contributed by atoms with Crippen molar-refractivity contribution in [2.75, 3.05) is 19.8 Å². The fourth-order valence-corrected chi connectivity index (χ4v) is 2.08. The first-order chi connectivity index (χ1) is 10.9. The maximum atomic E-state index is 11.4. The van der Waals surface area contributed by atoms with Crippen LogP contribution in [0.15, 0.2) is 0 Å². The second-order valence-corrected chi connectivity index (χ2v) is 5.42. The largest absolute Gasteiger partial charge is 0.463 e. The first-order valence-corrected chi connectivity index (χ1v) is 7.67. The first-order valence-electron chi connectivity index (χ1n) is 7.67. The summed E-state index contributed by atoms with van der Waals surface area (Å²) >= 11 is 0. The molecule has 0 amide bonds. The van der Waals surface area contributed by atoms with Gasteiger partial charge in [-0.1, -0.05) is 13.3 Å². The van der Waals surface area contributed by atoms with Gasteiger partial charge in [-0.05, 0) is 6.42 Å². The maximum absolute atomic E-state index is 11.4. The van der Waals surface area contributed by atoms with E-state index in [2.05, 4.69) is 0 Å². The molecule has 9 heteroatoms. The normalized spacial score (nSPS) is 32.5. The monoisotopic (exact) mass is 338 g/mol. The van der Waals surface area contributed by atoms with Crippen molar-refractivity contribution < 1.29 is 44.5 Å². The minimum atomic E-state index is -1.57. The summed E-state index contributed by atoms with van der Waals surface area (Å²) in [5, 5.41) is 47.5. The maximum Gasteiger partial charge on any atom is 0.305 e. The predicted molar refractivity (Wildman–Crippen MR) is 76.2 cm³/mol. The Balaban J connectivity index is 2.51. The van der Waals surface area contributed by atoms with Crippen molar-refractivity contribution in [3.63, 3.8) is 0 Å². The van der Waals surface area contributed by atoms with E-state index in [0.29, 0.717) is 6.42 Å². The molecular weight excluding hydrogens is 312 g/mol. The summed E-state index contributed by atoms with van der Waals surface area (Å²) < 4.78 is 15.4. The third kappa shape index (κ3) is 5.96. The molecule has 6 atom stereocenters. The van der Waals surface area contributed by atoms with Gasteiger partial charge in [0.15, 0.2) is 6.29 Å². The Bertz CT molecular complexity index is 349. The molecule has 1 fully saturated rings. The van der Waals surface area contributed by atoms with Crippen LogP contribution >= 0.6 is 0 Å². The SMILES string of the molecule is CCCCC(=O)OC[C@H](CO)O[C@@H]1O[C@H](CO)[C@H](O)[C@H](O)[C@H]1O. The van der Waals surface area contributed by atoms with Gasteiger partial charge in [0.25, 0.3) is 0 Å². The lowest BCUT2D eigenvalue weighted by molar-refractivity contribution is -0.315. The third-order valence-electron chi connectivity index (χ3n) is 3.54. The fraction of sp³-hybridized carbons (Fsp3) is 0.929. The molecule has 0 aromatic carbocycles. The summed E-state index contributed by atoms with van der Waals surface area (Å²) in [4.78, 5) is 11.4. The smallest absolute Gasteiger partial charge is 0.305 e. The molecule has 5 N–H and O–H groups in total. The van der Waals surface area contributed by atoms with E-state index in [1.807, 2.05) is 6.92 Å². The Morgan fingerprint density at radius 2 is 1.87 bits per heavy atom. The van der Waals surface area contributed by atoms with Crippen molar-refractivity contribution >= 4 is 5.97 Å². The van der Waals surface area contributed by atoms with E-state index < -0.39 is 56.0 Å². The Morgan fingerprint density at radius 1 is 1.17 bits per heavy atom. The van der Waals surface area contributed by atoms with Crippen LogP contribution < -0.4 is 0 Å². The summed E-state index contributed by atoms with van der Waals surface area (Å²) in [5.41, 5.74) is 0. The van der Waals surface area contributed by atoms with Gasteiger partial charge in [0.05, 0.1) is 13.2 Å². The summed E-state index contributed by atoms with van der Waals surface area (Å²) in [6.45, 7) is 0.608. The lowest BCUT2D eigenvalue weighted by Gasteiger charge is -2.40. The highest BCUT2D eigenvalue weighted by atomic mass is 16.7. The number of aliphatic hydroxyl groups is 5. The number of esters is 1. The molecule has 0 aromatic rings. The third-order valence-corrected chi connectivity index (χ3v) is 3.54. The van der Waals surface area contributed by atoms with E-state index in [1.54, 1.807) is 0 Å². The van der Waals surface area contributed by atoms with Crippen LogP contribution in [0.25, 0.3) is 0 Å². The van der Waals surface area contributed by atoms with Crippen LogP contribution in [0.3, 0.4) is 0 Å². The number of aliphatic hydroxyl groups excluding tert-OH is 5. The van der Waals surface area contributed by atoms with Gasteiger partial charge in [-0.2, -0.15) is 0 Å². The summed E-state index contributed by atoms with van der Waals surface area (Å²) in [6, 6.07) is 0. The second kappa shape index (κ2) is 10.1. The Labute approximate surface area is 134 Å². The molecule has 1 rings (SSSR count). The molecule has 23 heavy (non-hydrogen) atoms. The molecule has 0 spiro atoms. The quantitative estimate of drug-likeness (QED) is 0.298.